The van der Waals surface area contributed by atoms with Gasteiger partial charge in [-0.2, -0.15) is 0 Å². The zero-order valence-corrected chi connectivity index (χ0v) is 10.8. The number of rotatable bonds is 6. The number of furan rings is 1. The van der Waals surface area contributed by atoms with Crippen molar-refractivity contribution >= 4 is 0 Å². The van der Waals surface area contributed by atoms with Gasteiger partial charge >= 0.3 is 0 Å². The first-order valence-corrected chi connectivity index (χ1v) is 6.77. The van der Waals surface area contributed by atoms with Gasteiger partial charge in [-0.1, -0.05) is 13.3 Å². The van der Waals surface area contributed by atoms with Crippen LogP contribution in [0.15, 0.2) is 23.0 Å². The summed E-state index contributed by atoms with van der Waals surface area (Å²) in [6, 6.07) is 2.03. The molecule has 96 valence electrons. The molecule has 2 heterocycles. The Balaban J connectivity index is 1.80. The minimum absolute atomic E-state index is 0.469. The number of hydrogen-bond acceptors (Lipinski definition) is 3. The van der Waals surface area contributed by atoms with E-state index in [2.05, 4.69) is 17.6 Å². The molecular formula is C14H24N2O. The number of piperidine rings is 1. The fourth-order valence-corrected chi connectivity index (χ4v) is 2.88. The van der Waals surface area contributed by atoms with Crippen LogP contribution in [-0.2, 0) is 6.54 Å². The maximum atomic E-state index is 5.08. The van der Waals surface area contributed by atoms with Gasteiger partial charge in [0.15, 0.2) is 0 Å². The molecule has 0 aliphatic carbocycles. The maximum absolute atomic E-state index is 5.08. The summed E-state index contributed by atoms with van der Waals surface area (Å²) in [5, 5.41) is 7.13. The van der Waals surface area contributed by atoms with E-state index in [-0.39, 0.29) is 0 Å². The standard InChI is InChI=1S/C14H24N2O/c1-2-5-14(6-3-7-15-11-14)12-16-9-13-4-8-17-10-13/h4,8,10,15-16H,2-3,5-7,9,11-12H2,1H3. The predicted octanol–water partition coefficient (Wildman–Crippen LogP) is 2.54. The van der Waals surface area contributed by atoms with Crippen LogP contribution in [0.2, 0.25) is 0 Å². The zero-order chi connectivity index (χ0) is 12.0. The van der Waals surface area contributed by atoms with Crippen LogP contribution in [0.25, 0.3) is 0 Å². The molecule has 3 heteroatoms. The summed E-state index contributed by atoms with van der Waals surface area (Å²) in [4.78, 5) is 0. The fraction of sp³-hybridized carbons (Fsp3) is 0.714. The molecule has 0 aromatic carbocycles. The van der Waals surface area contributed by atoms with E-state index in [1.54, 1.807) is 6.26 Å². The largest absolute Gasteiger partial charge is 0.472 e. The van der Waals surface area contributed by atoms with Gasteiger partial charge in [-0.25, -0.2) is 0 Å². The quantitative estimate of drug-likeness (QED) is 0.797. The Bertz CT molecular complexity index is 297. The van der Waals surface area contributed by atoms with Crippen molar-refractivity contribution in [3.63, 3.8) is 0 Å². The Morgan fingerprint density at radius 3 is 3.12 bits per heavy atom. The van der Waals surface area contributed by atoms with Crippen LogP contribution >= 0.6 is 0 Å². The predicted molar refractivity (Wildman–Crippen MR) is 69.9 cm³/mol. The number of hydrogen-bond donors (Lipinski definition) is 2. The Hall–Kier alpha value is -0.800. The summed E-state index contributed by atoms with van der Waals surface area (Å²) in [5.74, 6) is 0. The molecule has 1 saturated heterocycles. The molecule has 1 unspecified atom stereocenters. The van der Waals surface area contributed by atoms with Crippen molar-refractivity contribution in [2.45, 2.75) is 39.2 Å². The third-order valence-electron chi connectivity index (χ3n) is 3.75. The molecule has 1 fully saturated rings. The maximum Gasteiger partial charge on any atom is 0.0947 e. The molecule has 0 amide bonds. The first-order valence-electron chi connectivity index (χ1n) is 6.77. The molecule has 1 atom stereocenters. The van der Waals surface area contributed by atoms with Crippen molar-refractivity contribution in [1.29, 1.82) is 0 Å². The molecule has 0 saturated carbocycles. The lowest BCUT2D eigenvalue weighted by Gasteiger charge is -2.38. The third kappa shape index (κ3) is 3.58. The van der Waals surface area contributed by atoms with Crippen LogP contribution in [0.1, 0.15) is 38.2 Å². The zero-order valence-electron chi connectivity index (χ0n) is 10.8. The first-order chi connectivity index (χ1) is 8.35. The Morgan fingerprint density at radius 1 is 1.53 bits per heavy atom. The number of nitrogens with one attached hydrogen (secondary N) is 2. The molecule has 1 aliphatic heterocycles. The van der Waals surface area contributed by atoms with Gasteiger partial charge in [0.05, 0.1) is 12.5 Å². The highest BCUT2D eigenvalue weighted by molar-refractivity contribution is 5.04. The fourth-order valence-electron chi connectivity index (χ4n) is 2.88. The Morgan fingerprint density at radius 2 is 2.47 bits per heavy atom. The van der Waals surface area contributed by atoms with Crippen molar-refractivity contribution in [2.75, 3.05) is 19.6 Å². The summed E-state index contributed by atoms with van der Waals surface area (Å²) < 4.78 is 5.08. The Labute approximate surface area is 104 Å². The monoisotopic (exact) mass is 236 g/mol. The SMILES string of the molecule is CCCC1(CNCc2ccoc2)CCCNC1. The normalized spacial score (nSPS) is 25.0. The van der Waals surface area contributed by atoms with Gasteiger partial charge in [-0.15, -0.1) is 0 Å². The first kappa shape index (κ1) is 12.7. The second-order valence-electron chi connectivity index (χ2n) is 5.27. The van der Waals surface area contributed by atoms with Crippen molar-refractivity contribution in [2.24, 2.45) is 5.41 Å². The van der Waals surface area contributed by atoms with Gasteiger partial charge in [-0.05, 0) is 37.3 Å². The highest BCUT2D eigenvalue weighted by atomic mass is 16.3. The summed E-state index contributed by atoms with van der Waals surface area (Å²) >= 11 is 0. The van der Waals surface area contributed by atoms with E-state index in [1.807, 2.05) is 12.3 Å². The average Bonchev–Trinajstić information content (AvgIpc) is 2.84. The molecule has 1 aliphatic rings. The van der Waals surface area contributed by atoms with E-state index in [1.165, 1.54) is 44.3 Å². The molecule has 0 spiro atoms. The second kappa shape index (κ2) is 6.22. The lowest BCUT2D eigenvalue weighted by atomic mass is 9.77. The topological polar surface area (TPSA) is 37.2 Å². The van der Waals surface area contributed by atoms with Crippen LogP contribution in [0, 0.1) is 5.41 Å². The molecule has 1 aromatic heterocycles. The van der Waals surface area contributed by atoms with E-state index in [0.717, 1.165) is 13.1 Å². The van der Waals surface area contributed by atoms with Gasteiger partial charge in [-0.3, -0.25) is 0 Å². The van der Waals surface area contributed by atoms with E-state index >= 15 is 0 Å². The van der Waals surface area contributed by atoms with Crippen molar-refractivity contribution < 1.29 is 4.42 Å². The molecule has 17 heavy (non-hydrogen) atoms. The van der Waals surface area contributed by atoms with Gasteiger partial charge in [0.1, 0.15) is 0 Å². The summed E-state index contributed by atoms with van der Waals surface area (Å²) in [6.07, 6.45) is 8.81. The van der Waals surface area contributed by atoms with Gasteiger partial charge < -0.3 is 15.1 Å². The molecular weight excluding hydrogens is 212 g/mol. The highest BCUT2D eigenvalue weighted by Crippen LogP contribution is 2.30. The lowest BCUT2D eigenvalue weighted by molar-refractivity contribution is 0.182. The second-order valence-corrected chi connectivity index (χ2v) is 5.27. The Kier molecular flexibility index (Phi) is 4.63. The van der Waals surface area contributed by atoms with Crippen LogP contribution < -0.4 is 10.6 Å². The van der Waals surface area contributed by atoms with Crippen LogP contribution in [0.5, 0.6) is 0 Å². The van der Waals surface area contributed by atoms with Crippen LogP contribution in [-0.4, -0.2) is 19.6 Å². The minimum atomic E-state index is 0.469. The lowest BCUT2D eigenvalue weighted by Crippen LogP contribution is -2.46. The minimum Gasteiger partial charge on any atom is -0.472 e. The average molecular weight is 236 g/mol. The molecule has 0 bridgehead atoms. The summed E-state index contributed by atoms with van der Waals surface area (Å²) in [6.45, 7) is 6.67. The summed E-state index contributed by atoms with van der Waals surface area (Å²) in [7, 11) is 0. The van der Waals surface area contributed by atoms with E-state index in [4.69, 9.17) is 4.42 Å². The molecule has 2 N–H and O–H groups in total. The van der Waals surface area contributed by atoms with E-state index in [9.17, 15) is 0 Å². The van der Waals surface area contributed by atoms with Crippen molar-refractivity contribution in [3.05, 3.63) is 24.2 Å². The molecule has 2 rings (SSSR count). The highest BCUT2D eigenvalue weighted by Gasteiger charge is 2.30. The van der Waals surface area contributed by atoms with Crippen LogP contribution in [0.3, 0.4) is 0 Å². The van der Waals surface area contributed by atoms with Gasteiger partial charge in [0.2, 0.25) is 0 Å². The van der Waals surface area contributed by atoms with Gasteiger partial charge in [0, 0.05) is 25.2 Å². The van der Waals surface area contributed by atoms with Crippen molar-refractivity contribution in [3.8, 4) is 0 Å². The van der Waals surface area contributed by atoms with Crippen molar-refractivity contribution in [1.82, 2.24) is 10.6 Å². The molecule has 3 nitrogen and oxygen atoms in total. The van der Waals surface area contributed by atoms with Gasteiger partial charge in [0.25, 0.3) is 0 Å². The third-order valence-corrected chi connectivity index (χ3v) is 3.75. The molecule has 1 aromatic rings. The summed E-state index contributed by atoms with van der Waals surface area (Å²) in [5.41, 5.74) is 1.71. The van der Waals surface area contributed by atoms with Crippen LogP contribution in [0.4, 0.5) is 0 Å². The molecule has 0 radical (unpaired) electrons. The van der Waals surface area contributed by atoms with E-state index in [0.29, 0.717) is 5.41 Å². The smallest absolute Gasteiger partial charge is 0.0947 e. The van der Waals surface area contributed by atoms with E-state index < -0.39 is 0 Å².